The summed E-state index contributed by atoms with van der Waals surface area (Å²) in [6.07, 6.45) is 6.22. The van der Waals surface area contributed by atoms with Crippen LogP contribution in [-0.4, -0.2) is 87.9 Å². The summed E-state index contributed by atoms with van der Waals surface area (Å²) in [6.45, 7) is 7.96. The maximum Gasteiger partial charge on any atom is 0.410 e. The van der Waals surface area contributed by atoms with Crippen molar-refractivity contribution in [2.75, 3.05) is 39.2 Å². The predicted octanol–water partition coefficient (Wildman–Crippen LogP) is 4.31. The molecule has 224 valence electrons. The molecule has 1 N–H and O–H groups in total. The number of rotatable bonds is 7. The summed E-state index contributed by atoms with van der Waals surface area (Å²) in [5.41, 5.74) is 2.06. The summed E-state index contributed by atoms with van der Waals surface area (Å²) in [5.74, 6) is 1.97. The van der Waals surface area contributed by atoms with Gasteiger partial charge in [-0.2, -0.15) is 0 Å². The Kier molecular flexibility index (Phi) is 7.24. The number of likely N-dealkylation sites (tertiary alicyclic amines) is 1. The lowest BCUT2D eigenvalue weighted by molar-refractivity contribution is -0.117. The molecule has 2 aliphatic heterocycles. The molecule has 3 unspecified atom stereocenters. The maximum atomic E-state index is 13.2. The number of fused-ring (bicyclic) bond motifs is 3. The van der Waals surface area contributed by atoms with Gasteiger partial charge in [0.1, 0.15) is 22.7 Å². The summed E-state index contributed by atoms with van der Waals surface area (Å²) in [7, 11) is 5.16. The summed E-state index contributed by atoms with van der Waals surface area (Å²) in [4.78, 5) is 39.1. The fraction of sp³-hybridized carbons (Fsp3) is 0.548. The highest BCUT2D eigenvalue weighted by atomic mass is 16.6. The van der Waals surface area contributed by atoms with E-state index < -0.39 is 5.60 Å². The third kappa shape index (κ3) is 5.37. The topological polar surface area (TPSA) is 111 Å². The number of piperazine rings is 1. The van der Waals surface area contributed by atoms with E-state index in [1.807, 2.05) is 49.4 Å². The zero-order valence-electron chi connectivity index (χ0n) is 25.2. The van der Waals surface area contributed by atoms with Crippen molar-refractivity contribution >= 4 is 28.7 Å². The molecule has 1 saturated carbocycles. The van der Waals surface area contributed by atoms with E-state index in [4.69, 9.17) is 14.2 Å². The van der Waals surface area contributed by atoms with Gasteiger partial charge in [-0.1, -0.05) is 0 Å². The van der Waals surface area contributed by atoms with Gasteiger partial charge in [0.05, 0.1) is 31.6 Å². The lowest BCUT2D eigenvalue weighted by Crippen LogP contribution is -2.56. The van der Waals surface area contributed by atoms with Crippen LogP contribution in [0, 0.1) is 11.8 Å². The van der Waals surface area contributed by atoms with Crippen LogP contribution in [0.2, 0.25) is 0 Å². The maximum absolute atomic E-state index is 13.2. The molecule has 0 spiro atoms. The second-order valence-corrected chi connectivity index (χ2v) is 12.7. The lowest BCUT2D eigenvalue weighted by Gasteiger charge is -2.41. The zero-order chi connectivity index (χ0) is 29.8. The monoisotopic (exact) mass is 576 g/mol. The highest BCUT2D eigenvalue weighted by molar-refractivity contribution is 5.96. The Hall–Kier alpha value is -3.86. The van der Waals surface area contributed by atoms with Crippen molar-refractivity contribution in [3.05, 3.63) is 30.6 Å². The number of ether oxygens (including phenoxy) is 3. The molecular formula is C31H40N6O5. The van der Waals surface area contributed by atoms with Gasteiger partial charge in [-0.3, -0.25) is 9.69 Å². The van der Waals surface area contributed by atoms with Crippen LogP contribution in [0.4, 0.5) is 10.6 Å². The number of pyridine rings is 2. The Balaban J connectivity index is 1.09. The molecule has 6 rings (SSSR count). The molecular weight excluding hydrogens is 536 g/mol. The molecule has 2 amide bonds. The van der Waals surface area contributed by atoms with Crippen LogP contribution in [0.15, 0.2) is 30.6 Å². The van der Waals surface area contributed by atoms with Gasteiger partial charge in [0.15, 0.2) is 0 Å². The molecule has 2 bridgehead atoms. The zero-order valence-corrected chi connectivity index (χ0v) is 25.2. The minimum atomic E-state index is -0.496. The Labute approximate surface area is 246 Å². The molecule has 3 fully saturated rings. The molecule has 4 atom stereocenters. The highest BCUT2D eigenvalue weighted by Crippen LogP contribution is 2.43. The number of anilines is 1. The normalized spacial score (nSPS) is 23.6. The SMILES string of the molecule is COc1ccnc(OC)c1-c1cc2cc(NC(=O)[C@H]3CC3CN3C4CCC3CN(C(=O)OC(C)(C)C)C4)ncc2n1C. The van der Waals surface area contributed by atoms with Crippen LogP contribution in [-0.2, 0) is 16.6 Å². The van der Waals surface area contributed by atoms with Crippen LogP contribution in [0.25, 0.3) is 22.2 Å². The number of hydrogen-bond acceptors (Lipinski definition) is 8. The van der Waals surface area contributed by atoms with E-state index in [1.54, 1.807) is 32.7 Å². The van der Waals surface area contributed by atoms with Crippen LogP contribution >= 0.6 is 0 Å². The van der Waals surface area contributed by atoms with Gasteiger partial charge in [-0.25, -0.2) is 14.8 Å². The number of aromatic nitrogens is 3. The number of carbonyl (C=O) groups excluding carboxylic acids is 2. The van der Waals surface area contributed by atoms with Crippen molar-refractivity contribution in [1.82, 2.24) is 24.3 Å². The van der Waals surface area contributed by atoms with Crippen LogP contribution in [0.1, 0.15) is 40.0 Å². The van der Waals surface area contributed by atoms with Gasteiger partial charge in [-0.05, 0) is 64.2 Å². The first kappa shape index (κ1) is 28.3. The first-order chi connectivity index (χ1) is 20.1. The smallest absolute Gasteiger partial charge is 0.410 e. The van der Waals surface area contributed by atoms with E-state index in [1.165, 1.54) is 0 Å². The number of nitrogens with one attached hydrogen (secondary N) is 1. The molecule has 11 nitrogen and oxygen atoms in total. The molecule has 42 heavy (non-hydrogen) atoms. The molecule has 0 aromatic carbocycles. The Morgan fingerprint density at radius 3 is 2.48 bits per heavy atom. The summed E-state index contributed by atoms with van der Waals surface area (Å²) in [6, 6.07) is 6.39. The molecule has 3 aliphatic rings. The minimum absolute atomic E-state index is 0.0124. The number of carbonyl (C=O) groups is 2. The summed E-state index contributed by atoms with van der Waals surface area (Å²) < 4.78 is 18.7. The average Bonchev–Trinajstić information content (AvgIpc) is 3.60. The first-order valence-corrected chi connectivity index (χ1v) is 14.6. The van der Waals surface area contributed by atoms with E-state index in [2.05, 4.69) is 20.2 Å². The van der Waals surface area contributed by atoms with Crippen LogP contribution in [0.3, 0.4) is 0 Å². The fourth-order valence-electron chi connectivity index (χ4n) is 6.55. The van der Waals surface area contributed by atoms with E-state index in [-0.39, 0.29) is 17.9 Å². The number of methoxy groups -OCH3 is 2. The molecule has 11 heteroatoms. The van der Waals surface area contributed by atoms with Crippen molar-refractivity contribution in [3.8, 4) is 22.9 Å². The third-order valence-electron chi connectivity index (χ3n) is 8.72. The second kappa shape index (κ2) is 10.8. The summed E-state index contributed by atoms with van der Waals surface area (Å²) in [5, 5.41) is 3.99. The molecule has 0 radical (unpaired) electrons. The quantitative estimate of drug-likeness (QED) is 0.443. The number of nitrogens with zero attached hydrogens (tertiary/aromatic N) is 5. The van der Waals surface area contributed by atoms with Gasteiger partial charge < -0.3 is 29.0 Å². The van der Waals surface area contributed by atoms with Crippen LogP contribution < -0.4 is 14.8 Å². The van der Waals surface area contributed by atoms with Gasteiger partial charge >= 0.3 is 6.09 Å². The molecule has 3 aromatic rings. The van der Waals surface area contributed by atoms with Crippen LogP contribution in [0.5, 0.6) is 11.6 Å². The first-order valence-electron chi connectivity index (χ1n) is 14.6. The molecule has 1 aliphatic carbocycles. The Bertz CT molecular complexity index is 1480. The molecule has 3 aromatic heterocycles. The number of hydrogen-bond donors (Lipinski definition) is 1. The van der Waals surface area contributed by atoms with E-state index in [0.29, 0.717) is 48.5 Å². The highest BCUT2D eigenvalue weighted by Gasteiger charge is 2.49. The Morgan fingerprint density at radius 2 is 1.81 bits per heavy atom. The van der Waals surface area contributed by atoms with Gasteiger partial charge in [0.25, 0.3) is 0 Å². The van der Waals surface area contributed by atoms with E-state index in [0.717, 1.165) is 48.0 Å². The lowest BCUT2D eigenvalue weighted by atomic mass is 10.1. The predicted molar refractivity (Wildman–Crippen MR) is 159 cm³/mol. The standard InChI is InChI=1S/C31H40N6O5/c1-31(2,3)42-30(39)36-16-20-7-8-21(17-36)37(20)15-19-11-22(19)28(38)34-26-13-18-12-23(35(4)24(18)14-33-26)27-25(40-5)9-10-32-29(27)41-6/h9-10,12-14,19-22H,7-8,11,15-17H2,1-6H3,(H,33,34,38)/t19?,20?,21?,22-/m0/s1. The summed E-state index contributed by atoms with van der Waals surface area (Å²) >= 11 is 0. The number of amides is 2. The van der Waals surface area contributed by atoms with Gasteiger partial charge in [-0.15, -0.1) is 0 Å². The minimum Gasteiger partial charge on any atom is -0.496 e. The largest absolute Gasteiger partial charge is 0.496 e. The number of aryl methyl sites for hydroxylation is 1. The van der Waals surface area contributed by atoms with Crippen molar-refractivity contribution < 1.29 is 23.8 Å². The molecule has 5 heterocycles. The van der Waals surface area contributed by atoms with E-state index in [9.17, 15) is 9.59 Å². The molecule has 2 saturated heterocycles. The third-order valence-corrected chi connectivity index (χ3v) is 8.72. The average molecular weight is 577 g/mol. The fourth-order valence-corrected chi connectivity index (χ4v) is 6.55. The Morgan fingerprint density at radius 1 is 1.07 bits per heavy atom. The van der Waals surface area contributed by atoms with Crippen molar-refractivity contribution in [1.29, 1.82) is 0 Å². The van der Waals surface area contributed by atoms with Gasteiger partial charge in [0, 0.05) is 56.3 Å². The van der Waals surface area contributed by atoms with Crippen molar-refractivity contribution in [3.63, 3.8) is 0 Å². The second-order valence-electron chi connectivity index (χ2n) is 12.7. The van der Waals surface area contributed by atoms with E-state index >= 15 is 0 Å². The van der Waals surface area contributed by atoms with Gasteiger partial charge in [0.2, 0.25) is 11.8 Å². The van der Waals surface area contributed by atoms with Crippen molar-refractivity contribution in [2.45, 2.75) is 57.7 Å². The van der Waals surface area contributed by atoms with Crippen molar-refractivity contribution in [2.24, 2.45) is 18.9 Å².